The van der Waals surface area contributed by atoms with Gasteiger partial charge in [0, 0.05) is 25.9 Å². The van der Waals surface area contributed by atoms with Gasteiger partial charge in [0.25, 0.3) is 0 Å². The van der Waals surface area contributed by atoms with Gasteiger partial charge in [-0.1, -0.05) is 35.8 Å². The fourth-order valence-corrected chi connectivity index (χ4v) is 2.79. The van der Waals surface area contributed by atoms with Crippen molar-refractivity contribution in [1.82, 2.24) is 4.90 Å². The van der Waals surface area contributed by atoms with Gasteiger partial charge < -0.3 is 9.74 Å². The third kappa shape index (κ3) is 3.09. The van der Waals surface area contributed by atoms with Crippen molar-refractivity contribution in [3.63, 3.8) is 0 Å². The molecule has 0 aromatic heterocycles. The fourth-order valence-electron chi connectivity index (χ4n) is 2.79. The fraction of sp³-hybridized carbons (Fsp3) is 0.529. The van der Waals surface area contributed by atoms with Gasteiger partial charge in [-0.25, -0.2) is 0 Å². The standard InChI is InChI=1S/C17H22N2O2/c1-12-10-16(18-21-12)14-8-6-13(7-9-14)11-19(2)17(20)15-4-3-5-15/h6-9,12,15H,3-5,10-11H2,1-2H3. The zero-order chi connectivity index (χ0) is 14.8. The molecule has 1 heterocycles. The molecule has 2 aliphatic rings. The van der Waals surface area contributed by atoms with Crippen LogP contribution in [0.1, 0.15) is 43.7 Å². The first-order valence-electron chi connectivity index (χ1n) is 7.70. The minimum absolute atomic E-state index is 0.172. The maximum Gasteiger partial charge on any atom is 0.225 e. The minimum Gasteiger partial charge on any atom is -0.392 e. The lowest BCUT2D eigenvalue weighted by Crippen LogP contribution is -2.35. The molecule has 112 valence electrons. The topological polar surface area (TPSA) is 41.9 Å². The van der Waals surface area contributed by atoms with E-state index in [4.69, 9.17) is 4.84 Å². The van der Waals surface area contributed by atoms with Crippen molar-refractivity contribution in [1.29, 1.82) is 0 Å². The molecular formula is C17H22N2O2. The lowest BCUT2D eigenvalue weighted by atomic mass is 9.84. The number of carbonyl (C=O) groups is 1. The molecule has 1 aromatic rings. The Hall–Kier alpha value is -1.84. The Morgan fingerprint density at radius 2 is 2.05 bits per heavy atom. The first kappa shape index (κ1) is 14.1. The third-order valence-electron chi connectivity index (χ3n) is 4.36. The molecule has 0 saturated heterocycles. The van der Waals surface area contributed by atoms with Crippen LogP contribution in [0.25, 0.3) is 0 Å². The first-order valence-corrected chi connectivity index (χ1v) is 7.70. The summed E-state index contributed by atoms with van der Waals surface area (Å²) < 4.78 is 0. The van der Waals surface area contributed by atoms with Gasteiger partial charge in [-0.3, -0.25) is 4.79 Å². The van der Waals surface area contributed by atoms with Crippen LogP contribution >= 0.6 is 0 Å². The molecule has 0 radical (unpaired) electrons. The molecule has 1 aromatic carbocycles. The van der Waals surface area contributed by atoms with Crippen LogP contribution in [0, 0.1) is 5.92 Å². The SMILES string of the molecule is CC1CC(c2ccc(CN(C)C(=O)C3CCC3)cc2)=NO1. The number of benzene rings is 1. The highest BCUT2D eigenvalue weighted by Gasteiger charge is 2.27. The summed E-state index contributed by atoms with van der Waals surface area (Å²) in [5.41, 5.74) is 3.27. The van der Waals surface area contributed by atoms with Crippen LogP contribution in [-0.4, -0.2) is 29.7 Å². The highest BCUT2D eigenvalue weighted by molar-refractivity contribution is 6.01. The number of hydrogen-bond acceptors (Lipinski definition) is 3. The van der Waals surface area contributed by atoms with Crippen LogP contribution in [0.15, 0.2) is 29.4 Å². The third-order valence-corrected chi connectivity index (χ3v) is 4.36. The van der Waals surface area contributed by atoms with Crippen LogP contribution in [0.3, 0.4) is 0 Å². The van der Waals surface area contributed by atoms with Gasteiger partial charge in [0.1, 0.15) is 6.10 Å². The summed E-state index contributed by atoms with van der Waals surface area (Å²) in [5, 5.41) is 4.10. The molecule has 0 spiro atoms. The zero-order valence-electron chi connectivity index (χ0n) is 12.7. The average molecular weight is 286 g/mol. The Morgan fingerprint density at radius 1 is 1.33 bits per heavy atom. The quantitative estimate of drug-likeness (QED) is 0.854. The smallest absolute Gasteiger partial charge is 0.225 e. The monoisotopic (exact) mass is 286 g/mol. The van der Waals surface area contributed by atoms with Crippen LogP contribution in [0.2, 0.25) is 0 Å². The molecule has 4 nitrogen and oxygen atoms in total. The lowest BCUT2D eigenvalue weighted by Gasteiger charge is -2.29. The molecule has 21 heavy (non-hydrogen) atoms. The summed E-state index contributed by atoms with van der Waals surface area (Å²) in [6, 6.07) is 8.28. The molecule has 3 rings (SSSR count). The van der Waals surface area contributed by atoms with Gasteiger partial charge in [0.2, 0.25) is 5.91 Å². The van der Waals surface area contributed by atoms with E-state index in [9.17, 15) is 4.79 Å². The number of amides is 1. The van der Waals surface area contributed by atoms with Gasteiger partial charge in [0.15, 0.2) is 0 Å². The second-order valence-corrected chi connectivity index (χ2v) is 6.18. The molecule has 4 heteroatoms. The molecule has 1 atom stereocenters. The molecular weight excluding hydrogens is 264 g/mol. The summed E-state index contributed by atoms with van der Waals surface area (Å²) in [7, 11) is 1.89. The van der Waals surface area contributed by atoms with Gasteiger partial charge in [-0.15, -0.1) is 0 Å². The van der Waals surface area contributed by atoms with E-state index >= 15 is 0 Å². The van der Waals surface area contributed by atoms with Crippen LogP contribution in [0.5, 0.6) is 0 Å². The maximum atomic E-state index is 12.1. The van der Waals surface area contributed by atoms with E-state index in [2.05, 4.69) is 29.4 Å². The van der Waals surface area contributed by atoms with Crippen molar-refractivity contribution >= 4 is 11.6 Å². The summed E-state index contributed by atoms with van der Waals surface area (Å²) in [6.07, 6.45) is 4.34. The van der Waals surface area contributed by atoms with Crippen molar-refractivity contribution in [2.45, 2.75) is 45.3 Å². The minimum atomic E-state index is 0.172. The Labute approximate surface area is 125 Å². The number of oxime groups is 1. The van der Waals surface area contributed by atoms with Crippen molar-refractivity contribution in [2.75, 3.05) is 7.05 Å². The Kier molecular flexibility index (Phi) is 3.95. The second-order valence-electron chi connectivity index (χ2n) is 6.18. The molecule has 0 bridgehead atoms. The van der Waals surface area contributed by atoms with E-state index in [1.807, 2.05) is 18.9 Å². The van der Waals surface area contributed by atoms with E-state index in [0.717, 1.165) is 36.1 Å². The average Bonchev–Trinajstić information content (AvgIpc) is 2.84. The van der Waals surface area contributed by atoms with E-state index < -0.39 is 0 Å². The highest BCUT2D eigenvalue weighted by atomic mass is 16.6. The molecule has 1 amide bonds. The number of rotatable bonds is 4. The Morgan fingerprint density at radius 3 is 2.57 bits per heavy atom. The van der Waals surface area contributed by atoms with E-state index in [1.165, 1.54) is 6.42 Å². The Balaban J connectivity index is 1.60. The molecule has 1 aliphatic carbocycles. The van der Waals surface area contributed by atoms with Crippen molar-refractivity contribution < 1.29 is 9.63 Å². The number of hydrogen-bond donors (Lipinski definition) is 0. The van der Waals surface area contributed by atoms with Crippen LogP contribution < -0.4 is 0 Å². The molecule has 1 saturated carbocycles. The van der Waals surface area contributed by atoms with E-state index in [1.54, 1.807) is 0 Å². The number of nitrogens with zero attached hydrogens (tertiary/aromatic N) is 2. The molecule has 1 fully saturated rings. The van der Waals surface area contributed by atoms with Gasteiger partial charge in [0.05, 0.1) is 5.71 Å². The molecule has 1 unspecified atom stereocenters. The van der Waals surface area contributed by atoms with Crippen LogP contribution in [0.4, 0.5) is 0 Å². The van der Waals surface area contributed by atoms with Gasteiger partial charge in [-0.05, 0) is 30.9 Å². The van der Waals surface area contributed by atoms with Crippen molar-refractivity contribution in [3.8, 4) is 0 Å². The predicted molar refractivity (Wildman–Crippen MR) is 82.0 cm³/mol. The second kappa shape index (κ2) is 5.88. The summed E-state index contributed by atoms with van der Waals surface area (Å²) >= 11 is 0. The van der Waals surface area contributed by atoms with Crippen molar-refractivity contribution in [2.24, 2.45) is 11.1 Å². The Bertz CT molecular complexity index is 546. The zero-order valence-corrected chi connectivity index (χ0v) is 12.7. The predicted octanol–water partition coefficient (Wildman–Crippen LogP) is 2.96. The normalized spacial score (nSPS) is 21.4. The van der Waals surface area contributed by atoms with Gasteiger partial charge >= 0.3 is 0 Å². The largest absolute Gasteiger partial charge is 0.392 e. The van der Waals surface area contributed by atoms with E-state index in [0.29, 0.717) is 6.54 Å². The summed E-state index contributed by atoms with van der Waals surface area (Å²) in [4.78, 5) is 19.2. The number of carbonyl (C=O) groups excluding carboxylic acids is 1. The first-order chi connectivity index (χ1) is 10.1. The maximum absolute atomic E-state index is 12.1. The van der Waals surface area contributed by atoms with Gasteiger partial charge in [-0.2, -0.15) is 0 Å². The summed E-state index contributed by atoms with van der Waals surface area (Å²) in [5.74, 6) is 0.550. The van der Waals surface area contributed by atoms with E-state index in [-0.39, 0.29) is 17.9 Å². The lowest BCUT2D eigenvalue weighted by molar-refractivity contribution is -0.137. The molecule has 0 N–H and O–H groups in total. The molecule has 1 aliphatic heterocycles. The van der Waals surface area contributed by atoms with Crippen LogP contribution in [-0.2, 0) is 16.2 Å². The highest BCUT2D eigenvalue weighted by Crippen LogP contribution is 2.28. The summed E-state index contributed by atoms with van der Waals surface area (Å²) in [6.45, 7) is 2.70. The van der Waals surface area contributed by atoms with Crippen molar-refractivity contribution in [3.05, 3.63) is 35.4 Å².